The zero-order valence-corrected chi connectivity index (χ0v) is 11.4. The number of anilines is 1. The van der Waals surface area contributed by atoms with E-state index in [1.807, 2.05) is 6.20 Å². The maximum atomic E-state index is 4.45. The molecule has 0 N–H and O–H groups in total. The molecule has 86 valence electrons. The van der Waals surface area contributed by atoms with Gasteiger partial charge < -0.3 is 4.90 Å². The van der Waals surface area contributed by atoms with E-state index < -0.39 is 0 Å². The molecule has 4 heteroatoms. The van der Waals surface area contributed by atoms with Gasteiger partial charge in [0, 0.05) is 19.3 Å². The Bertz CT molecular complexity index is 360. The Balaban J connectivity index is 1.76. The van der Waals surface area contributed by atoms with Crippen molar-refractivity contribution in [1.82, 2.24) is 9.97 Å². The fourth-order valence-electron chi connectivity index (χ4n) is 2.01. The van der Waals surface area contributed by atoms with Crippen molar-refractivity contribution in [2.75, 3.05) is 18.0 Å². The number of halogens is 1. The van der Waals surface area contributed by atoms with Gasteiger partial charge in [-0.05, 0) is 60.1 Å². The average molecular weight is 329 g/mol. The second-order valence-corrected chi connectivity index (χ2v) is 6.15. The van der Waals surface area contributed by atoms with Gasteiger partial charge >= 0.3 is 0 Å². The number of rotatable bonds is 5. The number of hydrogen-bond acceptors (Lipinski definition) is 3. The van der Waals surface area contributed by atoms with Crippen LogP contribution in [0.25, 0.3) is 0 Å². The fraction of sp³-hybridized carbons (Fsp3) is 0.667. The van der Waals surface area contributed by atoms with E-state index in [2.05, 4.69) is 37.5 Å². The molecule has 3 nitrogen and oxygen atoms in total. The highest BCUT2D eigenvalue weighted by atomic mass is 127. The smallest absolute Gasteiger partial charge is 0.145 e. The van der Waals surface area contributed by atoms with Crippen LogP contribution in [0.5, 0.6) is 0 Å². The van der Waals surface area contributed by atoms with Crippen LogP contribution >= 0.6 is 22.6 Å². The van der Waals surface area contributed by atoms with Crippen LogP contribution < -0.4 is 4.90 Å². The summed E-state index contributed by atoms with van der Waals surface area (Å²) in [5.41, 5.74) is 0. The van der Waals surface area contributed by atoms with Crippen LogP contribution in [0, 0.1) is 15.4 Å². The molecule has 1 aromatic heterocycles. The fourth-order valence-corrected chi connectivity index (χ4v) is 2.65. The Morgan fingerprint density at radius 2 is 1.81 bits per heavy atom. The van der Waals surface area contributed by atoms with E-state index in [0.717, 1.165) is 17.7 Å². The zero-order chi connectivity index (χ0) is 11.0. The van der Waals surface area contributed by atoms with Crippen LogP contribution in [0.3, 0.4) is 0 Å². The third kappa shape index (κ3) is 2.64. The topological polar surface area (TPSA) is 29.0 Å². The molecule has 0 aromatic carbocycles. The summed E-state index contributed by atoms with van der Waals surface area (Å²) in [4.78, 5) is 11.0. The first-order valence-electron chi connectivity index (χ1n) is 6.03. The van der Waals surface area contributed by atoms with Crippen molar-refractivity contribution in [2.24, 2.45) is 11.8 Å². The summed E-state index contributed by atoms with van der Waals surface area (Å²) >= 11 is 2.34. The highest BCUT2D eigenvalue weighted by Gasteiger charge is 2.30. The van der Waals surface area contributed by atoms with Crippen molar-refractivity contribution in [1.29, 1.82) is 0 Å². The predicted octanol–water partition coefficient (Wildman–Crippen LogP) is 2.71. The summed E-state index contributed by atoms with van der Waals surface area (Å²) in [5, 5.41) is 0. The summed E-state index contributed by atoms with van der Waals surface area (Å²) in [7, 11) is 0. The van der Waals surface area contributed by atoms with Gasteiger partial charge in [0.15, 0.2) is 0 Å². The Kier molecular flexibility index (Phi) is 3.00. The molecule has 0 amide bonds. The molecule has 16 heavy (non-hydrogen) atoms. The van der Waals surface area contributed by atoms with Crippen LogP contribution in [0.4, 0.5) is 5.82 Å². The Morgan fingerprint density at radius 3 is 2.31 bits per heavy atom. The molecule has 1 heterocycles. The monoisotopic (exact) mass is 329 g/mol. The largest absolute Gasteiger partial charge is 0.355 e. The Morgan fingerprint density at radius 1 is 1.19 bits per heavy atom. The minimum Gasteiger partial charge on any atom is -0.355 e. The van der Waals surface area contributed by atoms with E-state index in [1.165, 1.54) is 42.3 Å². The van der Waals surface area contributed by atoms with E-state index in [-0.39, 0.29) is 0 Å². The summed E-state index contributed by atoms with van der Waals surface area (Å²) in [6, 6.07) is 0. The number of hydrogen-bond donors (Lipinski definition) is 0. The molecule has 0 bridgehead atoms. The van der Waals surface area contributed by atoms with Crippen molar-refractivity contribution in [3.05, 3.63) is 16.1 Å². The molecule has 1 aromatic rings. The van der Waals surface area contributed by atoms with Gasteiger partial charge in [0.25, 0.3) is 0 Å². The average Bonchev–Trinajstić information content (AvgIpc) is 3.12. The van der Waals surface area contributed by atoms with Gasteiger partial charge in [-0.25, -0.2) is 9.97 Å². The van der Waals surface area contributed by atoms with Crippen LogP contribution in [-0.4, -0.2) is 23.1 Å². The maximum absolute atomic E-state index is 4.45. The second-order valence-electron chi connectivity index (χ2n) is 4.99. The predicted molar refractivity (Wildman–Crippen MR) is 72.4 cm³/mol. The Hall–Kier alpha value is -0.390. The first kappa shape index (κ1) is 10.7. The third-order valence-corrected chi connectivity index (χ3v) is 4.06. The van der Waals surface area contributed by atoms with Gasteiger partial charge in [-0.1, -0.05) is 0 Å². The van der Waals surface area contributed by atoms with Crippen LogP contribution in [-0.2, 0) is 0 Å². The van der Waals surface area contributed by atoms with Crippen molar-refractivity contribution in [3.8, 4) is 0 Å². The van der Waals surface area contributed by atoms with Gasteiger partial charge in [0.1, 0.15) is 12.1 Å². The van der Waals surface area contributed by atoms with Gasteiger partial charge in [-0.15, -0.1) is 0 Å². The van der Waals surface area contributed by atoms with Gasteiger partial charge in [0.05, 0.1) is 3.57 Å². The minimum atomic E-state index is 0.921. The van der Waals surface area contributed by atoms with Gasteiger partial charge in [-0.2, -0.15) is 0 Å². The highest BCUT2D eigenvalue weighted by Crippen LogP contribution is 2.35. The lowest BCUT2D eigenvalue weighted by atomic mass is 10.3. The molecule has 2 aliphatic rings. The van der Waals surface area contributed by atoms with E-state index in [9.17, 15) is 0 Å². The van der Waals surface area contributed by atoms with E-state index in [4.69, 9.17) is 0 Å². The van der Waals surface area contributed by atoms with Crippen LogP contribution in [0.15, 0.2) is 12.5 Å². The highest BCUT2D eigenvalue weighted by molar-refractivity contribution is 14.1. The summed E-state index contributed by atoms with van der Waals surface area (Å²) in [5.74, 6) is 2.99. The molecule has 0 radical (unpaired) electrons. The molecular formula is C12H16IN3. The SMILES string of the molecule is Ic1cncnc1N(CC1CC1)CC1CC1. The summed E-state index contributed by atoms with van der Waals surface area (Å²) in [6.07, 6.45) is 9.21. The van der Waals surface area contributed by atoms with Gasteiger partial charge in [-0.3, -0.25) is 0 Å². The molecule has 0 spiro atoms. The first-order valence-corrected chi connectivity index (χ1v) is 7.11. The lowest BCUT2D eigenvalue weighted by molar-refractivity contribution is 0.669. The van der Waals surface area contributed by atoms with Crippen LogP contribution in [0.2, 0.25) is 0 Å². The molecule has 0 unspecified atom stereocenters. The lowest BCUT2D eigenvalue weighted by Crippen LogP contribution is -2.29. The molecule has 2 saturated carbocycles. The van der Waals surface area contributed by atoms with Crippen LogP contribution in [0.1, 0.15) is 25.7 Å². The van der Waals surface area contributed by atoms with E-state index >= 15 is 0 Å². The summed E-state index contributed by atoms with van der Waals surface area (Å²) in [6.45, 7) is 2.40. The van der Waals surface area contributed by atoms with Crippen molar-refractivity contribution < 1.29 is 0 Å². The van der Waals surface area contributed by atoms with Gasteiger partial charge in [0.2, 0.25) is 0 Å². The quantitative estimate of drug-likeness (QED) is 0.778. The second kappa shape index (κ2) is 4.47. The van der Waals surface area contributed by atoms with Crippen molar-refractivity contribution in [2.45, 2.75) is 25.7 Å². The maximum Gasteiger partial charge on any atom is 0.145 e. The van der Waals surface area contributed by atoms with E-state index in [0.29, 0.717) is 0 Å². The van der Waals surface area contributed by atoms with Crippen molar-refractivity contribution in [3.63, 3.8) is 0 Å². The molecular weight excluding hydrogens is 313 g/mol. The first-order chi connectivity index (χ1) is 7.83. The molecule has 3 rings (SSSR count). The minimum absolute atomic E-state index is 0.921. The summed E-state index contributed by atoms with van der Waals surface area (Å²) < 4.78 is 1.18. The van der Waals surface area contributed by atoms with Crippen molar-refractivity contribution >= 4 is 28.4 Å². The third-order valence-electron chi connectivity index (χ3n) is 3.30. The van der Waals surface area contributed by atoms with E-state index in [1.54, 1.807) is 6.33 Å². The molecule has 2 fully saturated rings. The molecule has 2 aliphatic carbocycles. The number of nitrogens with zero attached hydrogens (tertiary/aromatic N) is 3. The molecule has 0 atom stereocenters. The molecule has 0 aliphatic heterocycles. The zero-order valence-electron chi connectivity index (χ0n) is 9.27. The lowest BCUT2D eigenvalue weighted by Gasteiger charge is -2.24. The standard InChI is InChI=1S/C12H16IN3/c13-11-5-14-8-15-12(11)16(6-9-1-2-9)7-10-3-4-10/h5,8-10H,1-4,6-7H2. The molecule has 0 saturated heterocycles. The number of aromatic nitrogens is 2. The Labute approximate surface area is 110 Å². The normalized spacial score (nSPS) is 19.8.